The zero-order valence-electron chi connectivity index (χ0n) is 12.5. The van der Waals surface area contributed by atoms with Crippen LogP contribution in [0, 0.1) is 5.82 Å². The number of benzene rings is 2. The second-order valence-electron chi connectivity index (χ2n) is 5.46. The van der Waals surface area contributed by atoms with E-state index in [-0.39, 0.29) is 11.6 Å². The molecule has 0 fully saturated rings. The fourth-order valence-electron chi connectivity index (χ4n) is 3.03. The van der Waals surface area contributed by atoms with Crippen molar-refractivity contribution >= 4 is 29.2 Å². The highest BCUT2D eigenvalue weighted by atomic mass is 19.1. The van der Waals surface area contributed by atoms with Gasteiger partial charge in [-0.25, -0.2) is 9.38 Å². The normalized spacial score (nSPS) is 16.5. The first kappa shape index (κ1) is 13.7. The van der Waals surface area contributed by atoms with Gasteiger partial charge in [-0.3, -0.25) is 9.69 Å². The van der Waals surface area contributed by atoms with Crippen molar-refractivity contribution in [3.05, 3.63) is 65.7 Å². The molecular weight excluding hydrogens is 293 g/mol. The van der Waals surface area contributed by atoms with Crippen LogP contribution < -0.4 is 9.80 Å². The molecule has 1 amide bonds. The number of amides is 1. The number of rotatable bonds is 1. The van der Waals surface area contributed by atoms with Gasteiger partial charge in [0.05, 0.1) is 11.3 Å². The summed E-state index contributed by atoms with van der Waals surface area (Å²) >= 11 is 0. The molecule has 0 spiro atoms. The summed E-state index contributed by atoms with van der Waals surface area (Å²) in [6, 6.07) is 13.9. The van der Waals surface area contributed by atoms with Gasteiger partial charge in [0, 0.05) is 25.4 Å². The molecule has 4 nitrogen and oxygen atoms in total. The van der Waals surface area contributed by atoms with E-state index in [2.05, 4.69) is 4.99 Å². The highest BCUT2D eigenvalue weighted by Crippen LogP contribution is 2.43. The highest BCUT2D eigenvalue weighted by molar-refractivity contribution is 6.16. The van der Waals surface area contributed by atoms with Crippen molar-refractivity contribution in [2.45, 2.75) is 6.42 Å². The number of nitrogens with zero attached hydrogens (tertiary/aromatic N) is 3. The fourth-order valence-corrected chi connectivity index (χ4v) is 3.03. The summed E-state index contributed by atoms with van der Waals surface area (Å²) in [6.07, 6.45) is 2.17. The molecule has 2 aromatic carbocycles. The minimum absolute atomic E-state index is 0.237. The summed E-state index contributed by atoms with van der Waals surface area (Å²) in [5, 5.41) is 0. The van der Waals surface area contributed by atoms with Gasteiger partial charge in [-0.1, -0.05) is 24.3 Å². The largest absolute Gasteiger partial charge is 0.327 e. The molecule has 0 N–H and O–H groups in total. The molecule has 2 aliphatic rings. The van der Waals surface area contributed by atoms with E-state index in [9.17, 15) is 9.18 Å². The molecule has 0 atom stereocenters. The van der Waals surface area contributed by atoms with Crippen LogP contribution in [-0.2, 0) is 4.79 Å². The van der Waals surface area contributed by atoms with Crippen LogP contribution in [0.25, 0.3) is 0 Å². The molecule has 4 rings (SSSR count). The maximum absolute atomic E-state index is 14.6. The van der Waals surface area contributed by atoms with Gasteiger partial charge in [0.15, 0.2) is 0 Å². The average Bonchev–Trinajstić information content (AvgIpc) is 3.03. The van der Waals surface area contributed by atoms with E-state index in [1.54, 1.807) is 42.4 Å². The number of anilines is 3. The van der Waals surface area contributed by atoms with E-state index in [0.717, 1.165) is 0 Å². The number of para-hydroxylation sites is 2. The number of hydrogen-bond donors (Lipinski definition) is 0. The van der Waals surface area contributed by atoms with Gasteiger partial charge in [-0.05, 0) is 24.3 Å². The van der Waals surface area contributed by atoms with Crippen molar-refractivity contribution in [3.63, 3.8) is 0 Å². The van der Waals surface area contributed by atoms with E-state index < -0.39 is 5.82 Å². The molecule has 0 aromatic heterocycles. The Labute approximate surface area is 133 Å². The van der Waals surface area contributed by atoms with Gasteiger partial charge in [-0.2, -0.15) is 0 Å². The van der Waals surface area contributed by atoms with Crippen LogP contribution in [0.2, 0.25) is 0 Å². The van der Waals surface area contributed by atoms with Crippen molar-refractivity contribution in [2.75, 3.05) is 16.8 Å². The monoisotopic (exact) mass is 307 g/mol. The molecule has 0 bridgehead atoms. The predicted octanol–water partition coefficient (Wildman–Crippen LogP) is 3.63. The molecule has 2 heterocycles. The van der Waals surface area contributed by atoms with Crippen molar-refractivity contribution in [1.82, 2.24) is 0 Å². The lowest BCUT2D eigenvalue weighted by atomic mass is 10.1. The SMILES string of the molecule is CN1C2=C(CC=N2)C(=O)N(c2ccccc2)c2c(F)cccc21. The Bertz CT molecular complexity index is 858. The summed E-state index contributed by atoms with van der Waals surface area (Å²) in [7, 11) is 1.80. The van der Waals surface area contributed by atoms with Gasteiger partial charge >= 0.3 is 0 Å². The Morgan fingerprint density at radius 1 is 1.09 bits per heavy atom. The van der Waals surface area contributed by atoms with Crippen molar-refractivity contribution in [3.8, 4) is 0 Å². The van der Waals surface area contributed by atoms with Crippen LogP contribution >= 0.6 is 0 Å². The van der Waals surface area contributed by atoms with Crippen molar-refractivity contribution in [2.24, 2.45) is 4.99 Å². The van der Waals surface area contributed by atoms with E-state index in [4.69, 9.17) is 0 Å². The predicted molar refractivity (Wildman–Crippen MR) is 88.5 cm³/mol. The van der Waals surface area contributed by atoms with Crippen LogP contribution in [0.5, 0.6) is 0 Å². The van der Waals surface area contributed by atoms with Gasteiger partial charge < -0.3 is 4.90 Å². The number of aliphatic imine (C=N–C) groups is 1. The third-order valence-electron chi connectivity index (χ3n) is 4.12. The Hall–Kier alpha value is -2.95. The molecule has 114 valence electrons. The zero-order valence-corrected chi connectivity index (χ0v) is 12.5. The maximum atomic E-state index is 14.6. The van der Waals surface area contributed by atoms with Crippen LogP contribution in [-0.4, -0.2) is 19.2 Å². The van der Waals surface area contributed by atoms with Crippen LogP contribution in [0.1, 0.15) is 6.42 Å². The second-order valence-corrected chi connectivity index (χ2v) is 5.46. The lowest BCUT2D eigenvalue weighted by Gasteiger charge is -2.25. The summed E-state index contributed by atoms with van der Waals surface area (Å²) in [4.78, 5) is 20.6. The number of fused-ring (bicyclic) bond motifs is 1. The topological polar surface area (TPSA) is 35.9 Å². The number of halogens is 1. The van der Waals surface area contributed by atoms with E-state index in [1.807, 2.05) is 18.2 Å². The summed E-state index contributed by atoms with van der Waals surface area (Å²) in [5.41, 5.74) is 2.09. The first-order valence-corrected chi connectivity index (χ1v) is 7.36. The fraction of sp³-hybridized carbons (Fsp3) is 0.111. The zero-order chi connectivity index (χ0) is 16.0. The highest BCUT2D eigenvalue weighted by Gasteiger charge is 2.35. The van der Waals surface area contributed by atoms with E-state index >= 15 is 0 Å². The Morgan fingerprint density at radius 3 is 2.65 bits per heavy atom. The van der Waals surface area contributed by atoms with E-state index in [0.29, 0.717) is 29.2 Å². The molecule has 2 aromatic rings. The van der Waals surface area contributed by atoms with E-state index in [1.165, 1.54) is 11.0 Å². The van der Waals surface area contributed by atoms with Crippen molar-refractivity contribution in [1.29, 1.82) is 0 Å². The molecule has 0 aliphatic carbocycles. The standard InChI is InChI=1S/C18H14FN3O/c1-21-15-9-5-8-14(19)16(15)22(12-6-3-2-4-7-12)18(23)13-10-11-20-17(13)21/h2-9,11H,10H2,1H3. The Morgan fingerprint density at radius 2 is 1.87 bits per heavy atom. The number of hydrogen-bond acceptors (Lipinski definition) is 3. The Balaban J connectivity index is 2.02. The average molecular weight is 307 g/mol. The van der Waals surface area contributed by atoms with Gasteiger partial charge in [-0.15, -0.1) is 0 Å². The third-order valence-corrected chi connectivity index (χ3v) is 4.12. The molecule has 0 unspecified atom stereocenters. The molecule has 23 heavy (non-hydrogen) atoms. The number of carbonyl (C=O) groups excluding carboxylic acids is 1. The van der Waals surface area contributed by atoms with Gasteiger partial charge in [0.25, 0.3) is 5.91 Å². The first-order valence-electron chi connectivity index (χ1n) is 7.36. The van der Waals surface area contributed by atoms with Crippen LogP contribution in [0.15, 0.2) is 64.9 Å². The summed E-state index contributed by atoms with van der Waals surface area (Å²) in [6.45, 7) is 0. The minimum atomic E-state index is -0.434. The third kappa shape index (κ3) is 1.97. The van der Waals surface area contributed by atoms with Crippen molar-refractivity contribution < 1.29 is 9.18 Å². The second kappa shape index (κ2) is 5.05. The van der Waals surface area contributed by atoms with Gasteiger partial charge in [0.2, 0.25) is 0 Å². The smallest absolute Gasteiger partial charge is 0.263 e. The number of carbonyl (C=O) groups is 1. The molecular formula is C18H14FN3O. The molecule has 0 saturated heterocycles. The lowest BCUT2D eigenvalue weighted by Crippen LogP contribution is -2.27. The molecule has 0 radical (unpaired) electrons. The Kier molecular flexibility index (Phi) is 3.01. The minimum Gasteiger partial charge on any atom is -0.327 e. The quantitative estimate of drug-likeness (QED) is 0.806. The van der Waals surface area contributed by atoms with Gasteiger partial charge in [0.1, 0.15) is 17.3 Å². The first-order chi connectivity index (χ1) is 11.2. The van der Waals surface area contributed by atoms with Crippen LogP contribution in [0.4, 0.5) is 21.5 Å². The summed E-state index contributed by atoms with van der Waals surface area (Å²) in [5.74, 6) is -0.0867. The lowest BCUT2D eigenvalue weighted by molar-refractivity contribution is -0.114. The maximum Gasteiger partial charge on any atom is 0.263 e. The molecule has 0 saturated carbocycles. The van der Waals surface area contributed by atoms with Crippen LogP contribution in [0.3, 0.4) is 0 Å². The molecule has 2 aliphatic heterocycles. The molecule has 5 heteroatoms. The summed E-state index contributed by atoms with van der Waals surface area (Å²) < 4.78 is 14.6.